The number of halogens is 7. The molecule has 4 aliphatic rings. The zero-order valence-electron chi connectivity index (χ0n) is 72.1. The molecule has 4 aliphatic heterocycles. The minimum atomic E-state index is -3.98. The molecule has 0 atom stereocenters. The van der Waals surface area contributed by atoms with Gasteiger partial charge in [0, 0.05) is 93.8 Å². The molecule has 8 aromatic carbocycles. The normalized spacial score (nSPS) is 14.0. The molecule has 4 saturated heterocycles. The summed E-state index contributed by atoms with van der Waals surface area (Å²) in [5.74, 6) is -1.78. The average Bonchev–Trinajstić information content (AvgIpc) is 1.36. The van der Waals surface area contributed by atoms with Crippen LogP contribution in [0.4, 0.5) is 54.3 Å². The Kier molecular flexibility index (Phi) is 32.3. The number of carbonyl (C=O) groups excluding carboxylic acids is 4. The van der Waals surface area contributed by atoms with Gasteiger partial charge in [-0.25, -0.2) is 42.5 Å². The number of aryl methyl sites for hydroxylation is 3. The third-order valence-electron chi connectivity index (χ3n) is 23.1. The van der Waals surface area contributed by atoms with Gasteiger partial charge in [-0.15, -0.1) is 45.3 Å². The number of thiophene rings is 4. The third kappa shape index (κ3) is 23.1. The van der Waals surface area contributed by atoms with Gasteiger partial charge in [0.25, 0.3) is 40.1 Å². The highest BCUT2D eigenvalue weighted by Gasteiger charge is 2.32. The second kappa shape index (κ2) is 42.7. The van der Waals surface area contributed by atoms with Crippen molar-refractivity contribution in [3.8, 4) is 0 Å². The number of sulfonamides is 4. The van der Waals surface area contributed by atoms with Crippen LogP contribution in [0.2, 0.25) is 25.1 Å². The third-order valence-corrected chi connectivity index (χ3v) is 34.0. The van der Waals surface area contributed by atoms with Crippen molar-refractivity contribution in [2.45, 2.75) is 145 Å². The van der Waals surface area contributed by atoms with Crippen LogP contribution in [0.15, 0.2) is 199 Å². The Balaban J connectivity index is 0.000000148. The number of nitrogens with one attached hydrogen (secondary N) is 4. The lowest BCUT2D eigenvalue weighted by molar-refractivity contribution is 0.0989. The van der Waals surface area contributed by atoms with E-state index in [0.29, 0.717) is 56.7 Å². The zero-order valence-corrected chi connectivity index (χ0v) is 82.4. The lowest BCUT2D eigenvalue weighted by Gasteiger charge is -2.25. The van der Waals surface area contributed by atoms with Gasteiger partial charge in [-0.3, -0.25) is 38.1 Å². The molecule has 4 fully saturated rings. The SMILES string of the molecule is Cc1c(CC(=O)c2sccc2NS(=O)(=O)c2ccc(F)cc2)c(Cl)cc(Cl)c1N1CCCC1.Cc1cc(Cl)c(CC(=O)c2sccc2NS(=O)(=O)c2ccccc2)c(C)c1N1CCCC1.Cc1cc(Cl)c(N2CCCC2)c(C)c1CC(=O)c1sccc1NS(=O)(=O)c1ccc(F)cc1.Cc1cc(Cl)c(N2CCCC2)c(C)c1CC(=O)c1sccc1NS(=O)(=O)c1ccccc1. The van der Waals surface area contributed by atoms with Crippen LogP contribution in [0.25, 0.3) is 0 Å². The Labute approximate surface area is 799 Å². The van der Waals surface area contributed by atoms with Crippen LogP contribution in [-0.2, 0) is 65.8 Å². The minimum absolute atomic E-state index is 0.00840. The van der Waals surface area contributed by atoms with E-state index in [4.69, 9.17) is 58.0 Å². The van der Waals surface area contributed by atoms with Gasteiger partial charge in [-0.1, -0.05) is 94.4 Å². The number of Topliss-reactive ketones (excluding diaryl/α,β-unsaturated/α-hetero) is 4. The summed E-state index contributed by atoms with van der Waals surface area (Å²) >= 11 is 37.5. The van der Waals surface area contributed by atoms with Gasteiger partial charge >= 0.3 is 0 Å². The van der Waals surface area contributed by atoms with Crippen LogP contribution in [-0.4, -0.2) is 109 Å². The van der Waals surface area contributed by atoms with Gasteiger partial charge in [-0.05, 0) is 304 Å². The molecule has 4 aromatic heterocycles. The van der Waals surface area contributed by atoms with E-state index in [2.05, 4.69) is 38.5 Å². The van der Waals surface area contributed by atoms with Crippen LogP contribution in [0, 0.1) is 60.1 Å². The quantitative estimate of drug-likeness (QED) is 0.0332. The van der Waals surface area contributed by atoms with E-state index >= 15 is 0 Å². The van der Waals surface area contributed by atoms with Crippen molar-refractivity contribution in [3.63, 3.8) is 0 Å². The summed E-state index contributed by atoms with van der Waals surface area (Å²) in [6, 6.07) is 39.0. The number of hydrogen-bond donors (Lipinski definition) is 4. The van der Waals surface area contributed by atoms with Gasteiger partial charge in [0.1, 0.15) is 11.6 Å². The Morgan fingerprint density at radius 2 is 0.531 bits per heavy atom. The number of benzene rings is 8. The molecule has 16 rings (SSSR count). The fourth-order valence-electron chi connectivity index (χ4n) is 16.7. The molecule has 0 saturated carbocycles. The highest BCUT2D eigenvalue weighted by atomic mass is 35.5. The van der Waals surface area contributed by atoms with Crippen molar-refractivity contribution < 1.29 is 61.6 Å². The predicted molar refractivity (Wildman–Crippen MR) is 528 cm³/mol. The van der Waals surface area contributed by atoms with Gasteiger partial charge in [0.15, 0.2) is 23.1 Å². The number of rotatable bonds is 28. The predicted octanol–water partition coefficient (Wildman–Crippen LogP) is 24.0. The Hall–Kier alpha value is -9.25. The summed E-state index contributed by atoms with van der Waals surface area (Å²) < 4.78 is 138. The molecule has 0 unspecified atom stereocenters. The maximum Gasteiger partial charge on any atom is 0.261 e. The van der Waals surface area contributed by atoms with Crippen LogP contribution >= 0.6 is 103 Å². The van der Waals surface area contributed by atoms with Gasteiger partial charge in [0.05, 0.1) is 94.0 Å². The Morgan fingerprint density at radius 3 is 0.823 bits per heavy atom. The van der Waals surface area contributed by atoms with E-state index < -0.39 is 51.7 Å². The summed E-state index contributed by atoms with van der Waals surface area (Å²) in [6.07, 6.45) is 9.45. The van der Waals surface area contributed by atoms with E-state index in [9.17, 15) is 61.6 Å². The minimum Gasteiger partial charge on any atom is -0.371 e. The van der Waals surface area contributed by atoms with E-state index in [1.165, 1.54) is 88.6 Å². The Morgan fingerprint density at radius 1 is 0.300 bits per heavy atom. The van der Waals surface area contributed by atoms with Gasteiger partial charge in [0.2, 0.25) is 0 Å². The number of carbonyl (C=O) groups is 4. The molecule has 0 amide bonds. The first-order chi connectivity index (χ1) is 61.9. The summed E-state index contributed by atoms with van der Waals surface area (Å²) in [6.45, 7) is 21.5. The van der Waals surface area contributed by atoms with Gasteiger partial charge < -0.3 is 19.6 Å². The number of ketones is 4. The zero-order chi connectivity index (χ0) is 93.3. The smallest absolute Gasteiger partial charge is 0.261 e. The highest BCUT2D eigenvalue weighted by Crippen LogP contribution is 2.44. The molecule has 8 heterocycles. The van der Waals surface area contributed by atoms with Crippen molar-refractivity contribution in [2.75, 3.05) is 90.8 Å². The van der Waals surface area contributed by atoms with E-state index in [-0.39, 0.29) is 84.7 Å². The first-order valence-electron chi connectivity index (χ1n) is 41.9. The lowest BCUT2D eigenvalue weighted by Crippen LogP contribution is -2.21. The monoisotopic (exact) mass is 2010 g/mol. The first kappa shape index (κ1) is 98.3. The van der Waals surface area contributed by atoms with Crippen LogP contribution < -0.4 is 38.5 Å². The molecule has 0 bridgehead atoms. The molecular formula is C95H95Cl5F2N8O12S8. The van der Waals surface area contributed by atoms with E-state index in [0.717, 1.165) is 218 Å². The van der Waals surface area contributed by atoms with E-state index in [1.807, 2.05) is 66.7 Å². The molecule has 0 aliphatic carbocycles. The summed E-state index contributed by atoms with van der Waals surface area (Å²) in [5, 5.41) is 9.69. The number of anilines is 8. The van der Waals surface area contributed by atoms with Crippen molar-refractivity contribution in [2.24, 2.45) is 0 Å². The van der Waals surface area contributed by atoms with Crippen molar-refractivity contribution >= 4 is 212 Å². The lowest BCUT2D eigenvalue weighted by atomic mass is 9.95. The Bertz CT molecular complexity index is 6300. The van der Waals surface area contributed by atoms with Crippen LogP contribution in [0.5, 0.6) is 0 Å². The summed E-state index contributed by atoms with van der Waals surface area (Å²) in [5.41, 5.74) is 15.3. The van der Waals surface area contributed by atoms with Crippen molar-refractivity contribution in [1.82, 2.24) is 0 Å². The molecule has 35 heteroatoms. The molecule has 4 N–H and O–H groups in total. The average molecular weight is 2010 g/mol. The van der Waals surface area contributed by atoms with Crippen LogP contribution in [0.1, 0.15) is 151 Å². The largest absolute Gasteiger partial charge is 0.371 e. The first-order valence-corrected chi connectivity index (χ1v) is 53.2. The van der Waals surface area contributed by atoms with Crippen LogP contribution in [0.3, 0.4) is 0 Å². The molecule has 0 radical (unpaired) electrons. The molecule has 20 nitrogen and oxygen atoms in total. The molecular weight excluding hydrogens is 1920 g/mol. The maximum atomic E-state index is 13.3. The standard InChI is InChI=1S/C24H24ClFN2O3S2.2C24H25ClN2O3S2.C23H21Cl2FN2O3S2/c1-15-13-20(25)23(28-10-3-4-11-28)16(2)19(15)14-22(29)24-21(9-12-32-24)27-33(30,31)18-7-5-17(26)6-8-18;1-16-14-20(25)19(17(2)23(16)27-11-6-7-12-27)15-22(28)24-21(10-13-31-24)26-32(29,30)18-8-4-3-5-9-18;1-16-14-20(25)23(27-11-6-7-12-27)17(2)19(16)15-22(28)24-21(10-13-31-24)26-32(29,30)18-8-4-3-5-9-18;1-14-17(18(24)13-19(25)22(14)28-9-2-3-10-28)12-21(29)23-20(8-11-32-23)27-33(30,31)16-6-4-15(26)5-7-16/h5-9,12-13,27H,3-4,10-11,14H2,1-2H3;2*3-5,8-10,13-14,26H,6-7,11-12,15H2,1-2H3;4-8,11,13,27H,2-3,9-10,12H2,1H3. The summed E-state index contributed by atoms with van der Waals surface area (Å²) in [4.78, 5) is 63.6. The fraction of sp³-hybridized carbons (Fsp3) is 0.284. The van der Waals surface area contributed by atoms with E-state index in [1.54, 1.807) is 82.2 Å². The maximum absolute atomic E-state index is 13.3. The van der Waals surface area contributed by atoms with Crippen molar-refractivity contribution in [3.05, 3.63) is 297 Å². The topological polar surface area (TPSA) is 266 Å². The second-order valence-electron chi connectivity index (χ2n) is 32.0. The molecule has 684 valence electrons. The molecule has 0 spiro atoms. The van der Waals surface area contributed by atoms with Crippen molar-refractivity contribution in [1.29, 1.82) is 0 Å². The number of hydrogen-bond acceptors (Lipinski definition) is 20. The molecule has 12 aromatic rings. The fourth-order valence-corrected chi connectivity index (χ4v) is 26.4. The second-order valence-corrected chi connectivity index (χ2v) is 44.4. The highest BCUT2D eigenvalue weighted by molar-refractivity contribution is 7.93. The summed E-state index contributed by atoms with van der Waals surface area (Å²) in [7, 11) is -15.5. The van der Waals surface area contributed by atoms with Gasteiger partial charge in [-0.2, -0.15) is 0 Å². The number of nitrogens with zero attached hydrogens (tertiary/aromatic N) is 4. The molecule has 130 heavy (non-hydrogen) atoms.